The Hall–Kier alpha value is -2.00. The van der Waals surface area contributed by atoms with Crippen LogP contribution in [0.2, 0.25) is 0 Å². The third kappa shape index (κ3) is 2.17. The summed E-state index contributed by atoms with van der Waals surface area (Å²) in [6.45, 7) is 0.298. The minimum Gasteiger partial charge on any atom is -0.454 e. The van der Waals surface area contributed by atoms with Crippen LogP contribution in [-0.4, -0.2) is 6.79 Å². The molecule has 3 nitrogen and oxygen atoms in total. The Balaban J connectivity index is 1.78. The Kier molecular flexibility index (Phi) is 2.90. The topological polar surface area (TPSA) is 44.5 Å². The van der Waals surface area contributed by atoms with Crippen LogP contribution in [0.5, 0.6) is 11.5 Å². The summed E-state index contributed by atoms with van der Waals surface area (Å²) in [7, 11) is 0. The van der Waals surface area contributed by atoms with Gasteiger partial charge in [0.2, 0.25) is 6.79 Å². The molecule has 0 fully saturated rings. The molecule has 18 heavy (non-hydrogen) atoms. The van der Waals surface area contributed by atoms with E-state index < -0.39 is 0 Å². The lowest BCUT2D eigenvalue weighted by Crippen LogP contribution is -2.13. The maximum Gasteiger partial charge on any atom is 0.231 e. The Morgan fingerprint density at radius 1 is 1.00 bits per heavy atom. The standard InChI is InChI=1S/C15H15NO2/c16-13(8-11-4-2-1-3-5-11)12-6-7-14-15(9-12)18-10-17-14/h1-7,9,13H,8,10,16H2. The van der Waals surface area contributed by atoms with E-state index >= 15 is 0 Å². The van der Waals surface area contributed by atoms with Crippen molar-refractivity contribution in [2.45, 2.75) is 12.5 Å². The summed E-state index contributed by atoms with van der Waals surface area (Å²) in [5.74, 6) is 1.58. The van der Waals surface area contributed by atoms with Crippen LogP contribution in [0, 0.1) is 0 Å². The molecule has 3 heteroatoms. The number of rotatable bonds is 3. The summed E-state index contributed by atoms with van der Waals surface area (Å²) in [4.78, 5) is 0. The zero-order chi connectivity index (χ0) is 12.4. The molecule has 1 aliphatic rings. The first-order valence-electron chi connectivity index (χ1n) is 6.02. The van der Waals surface area contributed by atoms with Crippen LogP contribution in [-0.2, 0) is 6.42 Å². The summed E-state index contributed by atoms with van der Waals surface area (Å²) in [5, 5.41) is 0. The molecule has 2 aromatic rings. The number of hydrogen-bond donors (Lipinski definition) is 1. The van der Waals surface area contributed by atoms with Gasteiger partial charge in [-0.15, -0.1) is 0 Å². The molecule has 0 aliphatic carbocycles. The molecule has 0 aromatic heterocycles. The van der Waals surface area contributed by atoms with E-state index in [1.54, 1.807) is 0 Å². The largest absolute Gasteiger partial charge is 0.454 e. The molecular formula is C15H15NO2. The lowest BCUT2D eigenvalue weighted by Gasteiger charge is -2.12. The number of benzene rings is 2. The van der Waals surface area contributed by atoms with Crippen LogP contribution >= 0.6 is 0 Å². The summed E-state index contributed by atoms with van der Waals surface area (Å²) < 4.78 is 10.7. The molecule has 1 unspecified atom stereocenters. The molecule has 1 aliphatic heterocycles. The van der Waals surface area contributed by atoms with Crippen molar-refractivity contribution in [3.05, 3.63) is 59.7 Å². The Labute approximate surface area is 106 Å². The molecule has 0 bridgehead atoms. The van der Waals surface area contributed by atoms with E-state index in [0.29, 0.717) is 6.79 Å². The van der Waals surface area contributed by atoms with Crippen molar-refractivity contribution in [2.75, 3.05) is 6.79 Å². The maximum absolute atomic E-state index is 6.22. The highest BCUT2D eigenvalue weighted by Gasteiger charge is 2.16. The van der Waals surface area contributed by atoms with Gasteiger partial charge in [-0.1, -0.05) is 36.4 Å². The zero-order valence-corrected chi connectivity index (χ0v) is 10.0. The molecule has 2 N–H and O–H groups in total. The van der Waals surface area contributed by atoms with Crippen LogP contribution in [0.1, 0.15) is 17.2 Å². The van der Waals surface area contributed by atoms with E-state index in [1.807, 2.05) is 36.4 Å². The molecule has 1 heterocycles. The quantitative estimate of drug-likeness (QED) is 0.898. The lowest BCUT2D eigenvalue weighted by molar-refractivity contribution is 0.174. The van der Waals surface area contributed by atoms with E-state index in [1.165, 1.54) is 5.56 Å². The SMILES string of the molecule is NC(Cc1ccccc1)c1ccc2c(c1)OCO2. The van der Waals surface area contributed by atoms with Gasteiger partial charge in [-0.25, -0.2) is 0 Å². The minimum absolute atomic E-state index is 0.0260. The van der Waals surface area contributed by atoms with Crippen LogP contribution in [0.3, 0.4) is 0 Å². The van der Waals surface area contributed by atoms with Crippen LogP contribution in [0.25, 0.3) is 0 Å². The van der Waals surface area contributed by atoms with Gasteiger partial charge < -0.3 is 15.2 Å². The smallest absolute Gasteiger partial charge is 0.231 e. The average Bonchev–Trinajstić information content (AvgIpc) is 2.87. The fourth-order valence-electron chi connectivity index (χ4n) is 2.13. The fraction of sp³-hybridized carbons (Fsp3) is 0.200. The number of fused-ring (bicyclic) bond motifs is 1. The Morgan fingerprint density at radius 3 is 2.61 bits per heavy atom. The number of ether oxygens (including phenoxy) is 2. The zero-order valence-electron chi connectivity index (χ0n) is 10.0. The van der Waals surface area contributed by atoms with Crippen LogP contribution in [0.15, 0.2) is 48.5 Å². The second-order valence-corrected chi connectivity index (χ2v) is 4.41. The van der Waals surface area contributed by atoms with Gasteiger partial charge in [-0.2, -0.15) is 0 Å². The van der Waals surface area contributed by atoms with E-state index in [-0.39, 0.29) is 6.04 Å². The predicted octanol–water partition coefficient (Wildman–Crippen LogP) is 2.66. The van der Waals surface area contributed by atoms with Gasteiger partial charge in [0.25, 0.3) is 0 Å². The molecule has 0 amide bonds. The highest BCUT2D eigenvalue weighted by atomic mass is 16.7. The summed E-state index contributed by atoms with van der Waals surface area (Å²) >= 11 is 0. The molecule has 0 saturated carbocycles. The molecule has 92 valence electrons. The first kappa shape index (κ1) is 11.1. The van der Waals surface area contributed by atoms with E-state index in [9.17, 15) is 0 Å². The van der Waals surface area contributed by atoms with Gasteiger partial charge in [0.05, 0.1) is 0 Å². The Morgan fingerprint density at radius 2 is 1.78 bits per heavy atom. The van der Waals surface area contributed by atoms with Crippen molar-refractivity contribution >= 4 is 0 Å². The van der Waals surface area contributed by atoms with Crippen molar-refractivity contribution in [2.24, 2.45) is 5.73 Å². The van der Waals surface area contributed by atoms with Crippen LogP contribution < -0.4 is 15.2 Å². The highest BCUT2D eigenvalue weighted by molar-refractivity contribution is 5.45. The summed E-state index contributed by atoms with van der Waals surface area (Å²) in [6.07, 6.45) is 0.820. The second-order valence-electron chi connectivity index (χ2n) is 4.41. The normalized spacial score (nSPS) is 14.5. The lowest BCUT2D eigenvalue weighted by atomic mass is 9.99. The molecular weight excluding hydrogens is 226 g/mol. The van der Waals surface area contributed by atoms with Gasteiger partial charge in [0.1, 0.15) is 0 Å². The maximum atomic E-state index is 6.22. The van der Waals surface area contributed by atoms with Gasteiger partial charge in [0.15, 0.2) is 11.5 Å². The average molecular weight is 241 g/mol. The number of hydrogen-bond acceptors (Lipinski definition) is 3. The molecule has 0 saturated heterocycles. The monoisotopic (exact) mass is 241 g/mol. The molecule has 0 radical (unpaired) electrons. The summed E-state index contributed by atoms with van der Waals surface area (Å²) in [5.41, 5.74) is 8.54. The first-order valence-corrected chi connectivity index (χ1v) is 6.02. The van der Waals surface area contributed by atoms with Gasteiger partial charge in [0, 0.05) is 6.04 Å². The van der Waals surface area contributed by atoms with E-state index in [0.717, 1.165) is 23.5 Å². The fourth-order valence-corrected chi connectivity index (χ4v) is 2.13. The van der Waals surface area contributed by atoms with Crippen molar-refractivity contribution in [1.82, 2.24) is 0 Å². The van der Waals surface area contributed by atoms with E-state index in [4.69, 9.17) is 15.2 Å². The molecule has 0 spiro atoms. The van der Waals surface area contributed by atoms with Crippen molar-refractivity contribution in [3.8, 4) is 11.5 Å². The third-order valence-electron chi connectivity index (χ3n) is 3.12. The molecule has 3 rings (SSSR count). The second kappa shape index (κ2) is 4.70. The number of nitrogens with two attached hydrogens (primary N) is 1. The van der Waals surface area contributed by atoms with Crippen molar-refractivity contribution in [3.63, 3.8) is 0 Å². The van der Waals surface area contributed by atoms with Crippen molar-refractivity contribution in [1.29, 1.82) is 0 Å². The van der Waals surface area contributed by atoms with Crippen LogP contribution in [0.4, 0.5) is 0 Å². The first-order chi connectivity index (χ1) is 8.83. The molecule has 2 aromatic carbocycles. The highest BCUT2D eigenvalue weighted by Crippen LogP contribution is 2.34. The molecule has 1 atom stereocenters. The summed E-state index contributed by atoms with van der Waals surface area (Å²) in [6, 6.07) is 16.1. The van der Waals surface area contributed by atoms with Crippen molar-refractivity contribution < 1.29 is 9.47 Å². The minimum atomic E-state index is -0.0260. The predicted molar refractivity (Wildman–Crippen MR) is 69.6 cm³/mol. The van der Waals surface area contributed by atoms with Gasteiger partial charge in [-0.05, 0) is 29.7 Å². The van der Waals surface area contributed by atoms with E-state index in [2.05, 4.69) is 12.1 Å². The van der Waals surface area contributed by atoms with Gasteiger partial charge in [-0.3, -0.25) is 0 Å². The third-order valence-corrected chi connectivity index (χ3v) is 3.12. The van der Waals surface area contributed by atoms with Gasteiger partial charge >= 0.3 is 0 Å². The Bertz CT molecular complexity index is 539.